The summed E-state index contributed by atoms with van der Waals surface area (Å²) in [5.74, 6) is 0. The van der Waals surface area contributed by atoms with Gasteiger partial charge in [0.25, 0.3) is 0 Å². The smallest absolute Gasteiger partial charge is 0.260 e. The van der Waals surface area contributed by atoms with Gasteiger partial charge in [-0.1, -0.05) is 0 Å². The molecule has 3 rings (SSSR count). The Balaban J connectivity index is 2.07. The van der Waals surface area contributed by atoms with Crippen molar-refractivity contribution in [3.63, 3.8) is 0 Å². The van der Waals surface area contributed by atoms with E-state index in [1.54, 1.807) is 0 Å². The van der Waals surface area contributed by atoms with Crippen molar-refractivity contribution in [3.05, 3.63) is 71.7 Å². The fraction of sp³-hybridized carbons (Fsp3) is 0.111. The van der Waals surface area contributed by atoms with Gasteiger partial charge in [-0.05, 0) is 40.2 Å². The van der Waals surface area contributed by atoms with Crippen molar-refractivity contribution >= 4 is 26.5 Å². The second kappa shape index (κ2) is 7.90. The van der Waals surface area contributed by atoms with Crippen LogP contribution in [0.3, 0.4) is 0 Å². The van der Waals surface area contributed by atoms with Crippen LogP contribution in [0.25, 0.3) is 21.8 Å². The average Bonchev–Trinajstić information content (AvgIpc) is 2.67. The molecule has 0 atom stereocenters. The lowest BCUT2D eigenvalue weighted by molar-refractivity contribution is -0.143. The summed E-state index contributed by atoms with van der Waals surface area (Å²) in [6, 6.07) is 1.27. The summed E-state index contributed by atoms with van der Waals surface area (Å²) >= 11 is 3.29. The van der Waals surface area contributed by atoms with E-state index >= 15 is 0 Å². The third-order valence-corrected chi connectivity index (χ3v) is 4.33. The Morgan fingerprint density at radius 3 is 1.93 bits per heavy atom. The van der Waals surface area contributed by atoms with Crippen LogP contribution in [0.2, 0.25) is 0 Å². The first kappa shape index (κ1) is 20.9. The van der Waals surface area contributed by atoms with Crippen LogP contribution in [0.1, 0.15) is 22.4 Å². The topological polar surface area (TPSA) is 51.6 Å². The standard InChI is InChI=1S/C18H9BrF6N4/c19-15(11-5-27-9-28-6-11)4-14-7-26-8-16(29-14)10-1-12(17(20,21)22)3-13(2-10)18(23,24)25/h1-9H/b15-4-. The monoisotopic (exact) mass is 474 g/mol. The molecule has 0 fully saturated rings. The first-order valence-corrected chi connectivity index (χ1v) is 8.58. The molecule has 0 spiro atoms. The van der Waals surface area contributed by atoms with Crippen LogP contribution in [0.4, 0.5) is 26.3 Å². The minimum absolute atomic E-state index is 0.0622. The molecule has 0 bridgehead atoms. The third kappa shape index (κ3) is 5.17. The molecule has 2 aromatic heterocycles. The fourth-order valence-electron chi connectivity index (χ4n) is 2.33. The van der Waals surface area contributed by atoms with Gasteiger partial charge in [0.05, 0.1) is 34.9 Å². The summed E-state index contributed by atoms with van der Waals surface area (Å²) in [7, 11) is 0. The first-order valence-electron chi connectivity index (χ1n) is 7.78. The zero-order valence-electron chi connectivity index (χ0n) is 14.1. The van der Waals surface area contributed by atoms with E-state index in [1.807, 2.05) is 0 Å². The molecule has 150 valence electrons. The van der Waals surface area contributed by atoms with E-state index < -0.39 is 23.5 Å². The normalized spacial score (nSPS) is 12.9. The Labute approximate surface area is 168 Å². The zero-order chi connectivity index (χ0) is 21.2. The molecule has 2 heterocycles. The minimum Gasteiger partial charge on any atom is -0.260 e. The van der Waals surface area contributed by atoms with Gasteiger partial charge in [-0.3, -0.25) is 4.98 Å². The lowest BCUT2D eigenvalue weighted by Gasteiger charge is -2.14. The lowest BCUT2D eigenvalue weighted by atomic mass is 10.0. The van der Waals surface area contributed by atoms with E-state index in [2.05, 4.69) is 35.9 Å². The van der Waals surface area contributed by atoms with Gasteiger partial charge in [0.2, 0.25) is 0 Å². The van der Waals surface area contributed by atoms with Crippen LogP contribution in [0.5, 0.6) is 0 Å². The number of alkyl halides is 6. The SMILES string of the molecule is FC(F)(F)c1cc(-c2cncc(/C=C(\Br)c3cncnc3)n2)cc(C(F)(F)F)c1. The van der Waals surface area contributed by atoms with Crippen molar-refractivity contribution < 1.29 is 26.3 Å². The van der Waals surface area contributed by atoms with Crippen molar-refractivity contribution in [1.29, 1.82) is 0 Å². The van der Waals surface area contributed by atoms with Crippen LogP contribution in [-0.2, 0) is 12.4 Å². The maximum absolute atomic E-state index is 13.1. The maximum atomic E-state index is 13.1. The van der Waals surface area contributed by atoms with E-state index in [-0.39, 0.29) is 23.0 Å². The van der Waals surface area contributed by atoms with Crippen LogP contribution >= 0.6 is 15.9 Å². The molecular weight excluding hydrogens is 466 g/mol. The van der Waals surface area contributed by atoms with Gasteiger partial charge < -0.3 is 0 Å². The van der Waals surface area contributed by atoms with E-state index in [4.69, 9.17) is 0 Å². The highest BCUT2D eigenvalue weighted by Gasteiger charge is 2.37. The Kier molecular flexibility index (Phi) is 5.69. The lowest BCUT2D eigenvalue weighted by Crippen LogP contribution is -2.11. The predicted octanol–water partition coefficient (Wildman–Crippen LogP) is 5.86. The predicted molar refractivity (Wildman–Crippen MR) is 96.3 cm³/mol. The van der Waals surface area contributed by atoms with Crippen molar-refractivity contribution in [1.82, 2.24) is 19.9 Å². The van der Waals surface area contributed by atoms with Crippen molar-refractivity contribution in [3.8, 4) is 11.3 Å². The summed E-state index contributed by atoms with van der Waals surface area (Å²) in [6.07, 6.45) is -1.65. The zero-order valence-corrected chi connectivity index (χ0v) is 15.7. The van der Waals surface area contributed by atoms with Crippen LogP contribution in [0, 0.1) is 0 Å². The van der Waals surface area contributed by atoms with Gasteiger partial charge in [0, 0.05) is 28.0 Å². The Morgan fingerprint density at radius 2 is 1.38 bits per heavy atom. The van der Waals surface area contributed by atoms with Gasteiger partial charge >= 0.3 is 12.4 Å². The quantitative estimate of drug-likeness (QED) is 0.446. The summed E-state index contributed by atoms with van der Waals surface area (Å²) < 4.78 is 78.9. The second-order valence-electron chi connectivity index (χ2n) is 5.74. The van der Waals surface area contributed by atoms with Crippen molar-refractivity contribution in [2.75, 3.05) is 0 Å². The van der Waals surface area contributed by atoms with E-state index in [9.17, 15) is 26.3 Å². The Bertz CT molecular complexity index is 1020. The first-order chi connectivity index (χ1) is 13.5. The Hall–Kier alpha value is -2.82. The molecule has 0 unspecified atom stereocenters. The summed E-state index contributed by atoms with van der Waals surface area (Å²) in [4.78, 5) is 15.7. The van der Waals surface area contributed by atoms with E-state index in [0.717, 1.165) is 6.20 Å². The number of hydrogen-bond acceptors (Lipinski definition) is 4. The van der Waals surface area contributed by atoms with Crippen LogP contribution in [-0.4, -0.2) is 19.9 Å². The minimum atomic E-state index is -4.95. The summed E-state index contributed by atoms with van der Waals surface area (Å²) in [5, 5.41) is 0. The largest absolute Gasteiger partial charge is 0.416 e. The molecule has 0 aliphatic carbocycles. The molecule has 0 aliphatic rings. The maximum Gasteiger partial charge on any atom is 0.416 e. The molecule has 0 N–H and O–H groups in total. The van der Waals surface area contributed by atoms with Gasteiger partial charge in [0.15, 0.2) is 0 Å². The highest BCUT2D eigenvalue weighted by Crippen LogP contribution is 2.38. The van der Waals surface area contributed by atoms with Crippen molar-refractivity contribution in [2.24, 2.45) is 0 Å². The molecule has 29 heavy (non-hydrogen) atoms. The molecule has 0 radical (unpaired) electrons. The molecule has 0 amide bonds. The molecular formula is C18H9BrF6N4. The van der Waals surface area contributed by atoms with Gasteiger partial charge in [0.1, 0.15) is 6.33 Å². The van der Waals surface area contributed by atoms with Gasteiger partial charge in [-0.15, -0.1) is 0 Å². The Morgan fingerprint density at radius 1 is 0.793 bits per heavy atom. The third-order valence-electron chi connectivity index (χ3n) is 3.65. The molecule has 0 saturated carbocycles. The summed E-state index contributed by atoms with van der Waals surface area (Å²) in [6.45, 7) is 0. The number of halogens is 7. The molecule has 11 heteroatoms. The summed E-state index contributed by atoms with van der Waals surface area (Å²) in [5.41, 5.74) is -2.53. The highest BCUT2D eigenvalue weighted by atomic mass is 79.9. The highest BCUT2D eigenvalue weighted by molar-refractivity contribution is 9.15. The van der Waals surface area contributed by atoms with E-state index in [0.29, 0.717) is 22.2 Å². The van der Waals surface area contributed by atoms with Crippen LogP contribution < -0.4 is 0 Å². The molecule has 0 aliphatic heterocycles. The second-order valence-corrected chi connectivity index (χ2v) is 6.60. The number of nitrogens with zero attached hydrogens (tertiary/aromatic N) is 4. The molecule has 3 aromatic rings. The average molecular weight is 475 g/mol. The van der Waals surface area contributed by atoms with Gasteiger partial charge in [-0.2, -0.15) is 26.3 Å². The fourth-order valence-corrected chi connectivity index (χ4v) is 2.77. The van der Waals surface area contributed by atoms with E-state index in [1.165, 1.54) is 31.0 Å². The number of hydrogen-bond donors (Lipinski definition) is 0. The number of aromatic nitrogens is 4. The molecule has 4 nitrogen and oxygen atoms in total. The van der Waals surface area contributed by atoms with Crippen LogP contribution in [0.15, 0.2) is 49.3 Å². The van der Waals surface area contributed by atoms with Crippen molar-refractivity contribution in [2.45, 2.75) is 12.4 Å². The number of rotatable bonds is 3. The molecule has 0 saturated heterocycles. The molecule has 1 aromatic carbocycles. The number of benzene rings is 1. The van der Waals surface area contributed by atoms with Gasteiger partial charge in [-0.25, -0.2) is 15.0 Å².